The summed E-state index contributed by atoms with van der Waals surface area (Å²) in [5.41, 5.74) is -0.509. The SMILES string of the molecule is CCC(C)(C)C(=O)N1C(=O)CSC1=S. The highest BCUT2D eigenvalue weighted by Crippen LogP contribution is 2.28. The Hall–Kier alpha value is -0.420. The van der Waals surface area contributed by atoms with Gasteiger partial charge in [0.05, 0.1) is 5.75 Å². The second-order valence-corrected chi connectivity index (χ2v) is 5.44. The Morgan fingerprint density at radius 3 is 2.57 bits per heavy atom. The number of hydrogen-bond acceptors (Lipinski definition) is 4. The molecule has 78 valence electrons. The monoisotopic (exact) mass is 231 g/mol. The molecule has 0 N–H and O–H groups in total. The first-order valence-electron chi connectivity index (χ1n) is 4.44. The highest BCUT2D eigenvalue weighted by Gasteiger charge is 2.39. The van der Waals surface area contributed by atoms with E-state index in [1.807, 2.05) is 20.8 Å². The van der Waals surface area contributed by atoms with E-state index in [1.165, 1.54) is 11.8 Å². The van der Waals surface area contributed by atoms with Gasteiger partial charge in [0.25, 0.3) is 0 Å². The zero-order valence-corrected chi connectivity index (χ0v) is 10.1. The van der Waals surface area contributed by atoms with E-state index in [9.17, 15) is 9.59 Å². The number of hydrogen-bond donors (Lipinski definition) is 0. The molecule has 0 unspecified atom stereocenters. The first kappa shape index (κ1) is 11.7. The molecule has 1 fully saturated rings. The lowest BCUT2D eigenvalue weighted by molar-refractivity contribution is -0.143. The van der Waals surface area contributed by atoms with Gasteiger partial charge in [0.15, 0.2) is 0 Å². The molecule has 1 rings (SSSR count). The van der Waals surface area contributed by atoms with E-state index >= 15 is 0 Å². The van der Waals surface area contributed by atoms with Crippen molar-refractivity contribution in [2.45, 2.75) is 27.2 Å². The van der Waals surface area contributed by atoms with E-state index in [0.717, 1.165) is 4.90 Å². The molecule has 0 aromatic heterocycles. The van der Waals surface area contributed by atoms with Gasteiger partial charge in [-0.3, -0.25) is 9.59 Å². The summed E-state index contributed by atoms with van der Waals surface area (Å²) in [7, 11) is 0. The van der Waals surface area contributed by atoms with Crippen molar-refractivity contribution in [3.8, 4) is 0 Å². The van der Waals surface area contributed by atoms with E-state index in [0.29, 0.717) is 16.5 Å². The predicted molar refractivity (Wildman–Crippen MR) is 61.0 cm³/mol. The van der Waals surface area contributed by atoms with Crippen LogP contribution in [0, 0.1) is 5.41 Å². The highest BCUT2D eigenvalue weighted by atomic mass is 32.2. The summed E-state index contributed by atoms with van der Waals surface area (Å²) in [6.07, 6.45) is 0.697. The first-order chi connectivity index (χ1) is 6.40. The minimum Gasteiger partial charge on any atom is -0.273 e. The Morgan fingerprint density at radius 1 is 1.64 bits per heavy atom. The summed E-state index contributed by atoms with van der Waals surface area (Å²) >= 11 is 6.21. The van der Waals surface area contributed by atoms with Gasteiger partial charge in [-0.2, -0.15) is 0 Å². The summed E-state index contributed by atoms with van der Waals surface area (Å²) < 4.78 is 0.390. The molecular weight excluding hydrogens is 218 g/mol. The topological polar surface area (TPSA) is 37.4 Å². The van der Waals surface area contributed by atoms with Crippen LogP contribution in [0.3, 0.4) is 0 Å². The molecule has 0 saturated carbocycles. The zero-order chi connectivity index (χ0) is 10.9. The van der Waals surface area contributed by atoms with E-state index < -0.39 is 5.41 Å². The quantitative estimate of drug-likeness (QED) is 0.679. The largest absolute Gasteiger partial charge is 0.273 e. The Morgan fingerprint density at radius 2 is 2.21 bits per heavy atom. The normalized spacial score (nSPS) is 17.8. The van der Waals surface area contributed by atoms with Crippen LogP contribution in [0.5, 0.6) is 0 Å². The molecule has 1 aliphatic heterocycles. The second kappa shape index (κ2) is 3.98. The summed E-state index contributed by atoms with van der Waals surface area (Å²) in [6, 6.07) is 0. The molecule has 0 aromatic rings. The Balaban J connectivity index is 2.89. The standard InChI is InChI=1S/C9H13NO2S2/c1-4-9(2,3)7(12)10-6(11)5-14-8(10)13/h4-5H2,1-3H3. The summed E-state index contributed by atoms with van der Waals surface area (Å²) in [5.74, 6) is -0.0730. The van der Waals surface area contributed by atoms with Gasteiger partial charge in [-0.15, -0.1) is 0 Å². The van der Waals surface area contributed by atoms with Gasteiger partial charge >= 0.3 is 0 Å². The first-order valence-corrected chi connectivity index (χ1v) is 5.83. The molecule has 0 atom stereocenters. The Kier molecular flexibility index (Phi) is 3.32. The molecule has 5 heteroatoms. The maximum atomic E-state index is 11.9. The fourth-order valence-corrected chi connectivity index (χ4v) is 2.06. The minimum atomic E-state index is -0.509. The van der Waals surface area contributed by atoms with Crippen LogP contribution in [0.25, 0.3) is 0 Å². The molecule has 0 aliphatic carbocycles. The van der Waals surface area contributed by atoms with Gasteiger partial charge in [0.2, 0.25) is 11.8 Å². The third-order valence-electron chi connectivity index (χ3n) is 2.42. The molecule has 1 aliphatic rings. The van der Waals surface area contributed by atoms with Gasteiger partial charge in [-0.05, 0) is 6.42 Å². The fraction of sp³-hybridized carbons (Fsp3) is 0.667. The number of thioether (sulfide) groups is 1. The van der Waals surface area contributed by atoms with E-state index in [1.54, 1.807) is 0 Å². The van der Waals surface area contributed by atoms with Crippen molar-refractivity contribution in [2.75, 3.05) is 5.75 Å². The molecule has 0 bridgehead atoms. The number of nitrogens with zero attached hydrogens (tertiary/aromatic N) is 1. The van der Waals surface area contributed by atoms with Crippen LogP contribution in [0.4, 0.5) is 0 Å². The lowest BCUT2D eigenvalue weighted by Gasteiger charge is -2.25. The number of rotatable bonds is 2. The Labute approximate surface area is 93.2 Å². The van der Waals surface area contributed by atoms with Crippen molar-refractivity contribution in [3.05, 3.63) is 0 Å². The summed E-state index contributed by atoms with van der Waals surface area (Å²) in [5, 5.41) is 0. The highest BCUT2D eigenvalue weighted by molar-refractivity contribution is 8.24. The van der Waals surface area contributed by atoms with Gasteiger partial charge in [-0.1, -0.05) is 44.8 Å². The third-order valence-corrected chi connectivity index (χ3v) is 3.77. The van der Waals surface area contributed by atoms with Crippen molar-refractivity contribution in [1.82, 2.24) is 4.90 Å². The minimum absolute atomic E-state index is 0.181. The van der Waals surface area contributed by atoms with Crippen LogP contribution in [0.2, 0.25) is 0 Å². The molecule has 3 nitrogen and oxygen atoms in total. The zero-order valence-electron chi connectivity index (χ0n) is 8.49. The van der Waals surface area contributed by atoms with Crippen molar-refractivity contribution < 1.29 is 9.59 Å². The van der Waals surface area contributed by atoms with Crippen molar-refractivity contribution >= 4 is 40.1 Å². The van der Waals surface area contributed by atoms with Crippen molar-refractivity contribution in [2.24, 2.45) is 5.41 Å². The van der Waals surface area contributed by atoms with Gasteiger partial charge in [-0.25, -0.2) is 4.90 Å². The number of imide groups is 1. The lowest BCUT2D eigenvalue weighted by atomic mass is 9.89. The number of carbonyl (C=O) groups excluding carboxylic acids is 2. The molecule has 0 aromatic carbocycles. The fourth-order valence-electron chi connectivity index (χ4n) is 1.00. The Bertz CT molecular complexity index is 283. The lowest BCUT2D eigenvalue weighted by Crippen LogP contribution is -2.43. The van der Waals surface area contributed by atoms with Crippen LogP contribution < -0.4 is 0 Å². The van der Waals surface area contributed by atoms with Crippen LogP contribution in [0.15, 0.2) is 0 Å². The third kappa shape index (κ3) is 1.98. The van der Waals surface area contributed by atoms with Crippen LogP contribution in [-0.2, 0) is 9.59 Å². The molecule has 1 heterocycles. The van der Waals surface area contributed by atoms with Gasteiger partial charge in [0.1, 0.15) is 4.32 Å². The number of amides is 2. The number of carbonyl (C=O) groups is 2. The van der Waals surface area contributed by atoms with Crippen LogP contribution >= 0.6 is 24.0 Å². The molecule has 0 radical (unpaired) electrons. The number of thiocarbonyl (C=S) groups is 1. The van der Waals surface area contributed by atoms with E-state index in [-0.39, 0.29) is 11.8 Å². The summed E-state index contributed by atoms with van der Waals surface area (Å²) in [4.78, 5) is 24.5. The van der Waals surface area contributed by atoms with Crippen LogP contribution in [0.1, 0.15) is 27.2 Å². The van der Waals surface area contributed by atoms with Gasteiger partial charge < -0.3 is 0 Å². The molecular formula is C9H13NO2S2. The van der Waals surface area contributed by atoms with Gasteiger partial charge in [0, 0.05) is 5.41 Å². The molecule has 2 amide bonds. The van der Waals surface area contributed by atoms with Crippen LogP contribution in [-0.4, -0.2) is 26.8 Å². The summed E-state index contributed by atoms with van der Waals surface area (Å²) in [6.45, 7) is 5.58. The maximum Gasteiger partial charge on any atom is 0.245 e. The van der Waals surface area contributed by atoms with E-state index in [4.69, 9.17) is 12.2 Å². The molecule has 0 spiro atoms. The van der Waals surface area contributed by atoms with E-state index in [2.05, 4.69) is 0 Å². The second-order valence-electron chi connectivity index (χ2n) is 3.83. The smallest absolute Gasteiger partial charge is 0.245 e. The average molecular weight is 231 g/mol. The predicted octanol–water partition coefficient (Wildman–Crippen LogP) is 1.81. The molecule has 1 saturated heterocycles. The van der Waals surface area contributed by atoms with Crippen molar-refractivity contribution in [1.29, 1.82) is 0 Å². The average Bonchev–Trinajstić information content (AvgIpc) is 2.45. The molecule has 14 heavy (non-hydrogen) atoms. The van der Waals surface area contributed by atoms with Crippen molar-refractivity contribution in [3.63, 3.8) is 0 Å². The maximum absolute atomic E-state index is 11.9.